The van der Waals surface area contributed by atoms with Crippen LogP contribution < -0.4 is 10.1 Å². The lowest BCUT2D eigenvalue weighted by atomic mass is 10.0. The quantitative estimate of drug-likeness (QED) is 0.104. The monoisotopic (exact) mass is 622 g/mol. The summed E-state index contributed by atoms with van der Waals surface area (Å²) in [5.41, 5.74) is 4.17. The van der Waals surface area contributed by atoms with Crippen LogP contribution >= 0.6 is 0 Å². The van der Waals surface area contributed by atoms with Crippen LogP contribution in [0.2, 0.25) is 0 Å². The zero-order valence-electron chi connectivity index (χ0n) is 26.3. The Morgan fingerprint density at radius 3 is 2.50 bits per heavy atom. The van der Waals surface area contributed by atoms with Crippen LogP contribution in [0.3, 0.4) is 0 Å². The number of aryl methyl sites for hydroxylation is 2. The Hall–Kier alpha value is -5.26. The number of anilines is 1. The minimum absolute atomic E-state index is 0.0689. The molecule has 3 aromatic carbocycles. The first kappa shape index (κ1) is 32.1. The number of rotatable bonds is 13. The normalized spacial score (nSPS) is 12.2. The number of likely N-dealkylation sites (N-methyl/N-ethyl adjacent to an activating group) is 1. The number of aromatic nitrogens is 3. The first-order chi connectivity index (χ1) is 22.1. The smallest absolute Gasteiger partial charge is 0.273 e. The van der Waals surface area contributed by atoms with E-state index >= 15 is 0 Å². The number of hydrogen-bond donors (Lipinski definition) is 4. The highest BCUT2D eigenvalue weighted by molar-refractivity contribution is 6.13. The predicted molar refractivity (Wildman–Crippen MR) is 179 cm³/mol. The summed E-state index contributed by atoms with van der Waals surface area (Å²) in [6.07, 6.45) is 0.980. The summed E-state index contributed by atoms with van der Waals surface area (Å²) in [5, 5.41) is 28.6. The lowest BCUT2D eigenvalue weighted by molar-refractivity contribution is 0.0716. The highest BCUT2D eigenvalue weighted by Gasteiger charge is 2.16. The third-order valence-corrected chi connectivity index (χ3v) is 7.68. The van der Waals surface area contributed by atoms with E-state index in [1.54, 1.807) is 86.1 Å². The first-order valence-electron chi connectivity index (χ1n) is 15.1. The molecule has 0 radical (unpaired) electrons. The number of aromatic hydroxyl groups is 1. The van der Waals surface area contributed by atoms with Gasteiger partial charge < -0.3 is 30.2 Å². The van der Waals surface area contributed by atoms with E-state index in [-0.39, 0.29) is 24.2 Å². The number of aliphatic hydroxyl groups is 1. The van der Waals surface area contributed by atoms with Crippen molar-refractivity contribution in [2.24, 2.45) is 12.0 Å². The topological polar surface area (TPSA) is 145 Å². The molecule has 0 saturated carbocycles. The summed E-state index contributed by atoms with van der Waals surface area (Å²) in [5.74, 6) is -0.000966. The summed E-state index contributed by atoms with van der Waals surface area (Å²) in [6.45, 7) is 8.42. The van der Waals surface area contributed by atoms with E-state index in [0.29, 0.717) is 57.0 Å². The van der Waals surface area contributed by atoms with Gasteiger partial charge in [-0.2, -0.15) is 5.10 Å². The molecule has 238 valence electrons. The number of fused-ring (bicyclic) bond motifs is 1. The number of aromatic amines is 1. The number of benzene rings is 3. The summed E-state index contributed by atoms with van der Waals surface area (Å²) in [6, 6.07) is 20.7. The predicted octanol–water partition coefficient (Wildman–Crippen LogP) is 5.23. The van der Waals surface area contributed by atoms with Crippen molar-refractivity contribution in [3.8, 4) is 11.6 Å². The van der Waals surface area contributed by atoms with Crippen molar-refractivity contribution in [1.29, 1.82) is 0 Å². The van der Waals surface area contributed by atoms with E-state index in [1.807, 2.05) is 6.92 Å². The number of aliphatic hydroxyl groups excluding tert-OH is 1. The molecule has 0 aliphatic rings. The molecule has 1 atom stereocenters. The van der Waals surface area contributed by atoms with E-state index in [9.17, 15) is 19.8 Å². The second-order valence-electron chi connectivity index (χ2n) is 11.0. The molecule has 1 amide bonds. The van der Waals surface area contributed by atoms with Gasteiger partial charge in [0.2, 0.25) is 0 Å². The molecule has 5 aromatic rings. The summed E-state index contributed by atoms with van der Waals surface area (Å²) in [4.78, 5) is 35.7. The molecule has 1 unspecified atom stereocenters. The Morgan fingerprint density at radius 1 is 1.07 bits per heavy atom. The number of hydrogen-bond acceptors (Lipinski definition) is 8. The number of carbonyl (C=O) groups is 2. The molecule has 0 aliphatic carbocycles. The molecule has 11 nitrogen and oxygen atoms in total. The van der Waals surface area contributed by atoms with Gasteiger partial charge in [0.1, 0.15) is 24.2 Å². The molecule has 4 N–H and O–H groups in total. The third-order valence-electron chi connectivity index (χ3n) is 7.68. The largest absolute Gasteiger partial charge is 0.494 e. The van der Waals surface area contributed by atoms with Crippen LogP contribution in [0.25, 0.3) is 10.9 Å². The fraction of sp³-hybridized carbons (Fsp3) is 0.257. The summed E-state index contributed by atoms with van der Waals surface area (Å²) >= 11 is 0. The van der Waals surface area contributed by atoms with Crippen molar-refractivity contribution in [3.05, 3.63) is 101 Å². The summed E-state index contributed by atoms with van der Waals surface area (Å²) < 4.78 is 7.23. The number of nitrogens with zero attached hydrogens (tertiary/aromatic N) is 4. The van der Waals surface area contributed by atoms with Gasteiger partial charge in [0.15, 0.2) is 11.7 Å². The minimum atomic E-state index is -0.585. The number of ether oxygens (including phenoxy) is 1. The standard InChI is InChI=1S/C35H38N6O5/c1-5-41(6-2)20-27(42)21-46-28-13-11-25(12-14-28)36-19-30-29-15-10-24(18-31(29)38-34(30)44)33(43)23-8-7-9-26(17-23)37-35(45)32-16-22(3)39-40(32)4/h7-19,27,38,42,44H,5-6,20-21H2,1-4H3,(H,37,45). The fourth-order valence-electron chi connectivity index (χ4n) is 5.19. The second kappa shape index (κ2) is 14.2. The van der Waals surface area contributed by atoms with Crippen LogP contribution in [0.5, 0.6) is 11.6 Å². The molecule has 0 spiro atoms. The molecule has 2 aromatic heterocycles. The highest BCUT2D eigenvalue weighted by atomic mass is 16.5. The summed E-state index contributed by atoms with van der Waals surface area (Å²) in [7, 11) is 1.70. The van der Waals surface area contributed by atoms with Gasteiger partial charge in [-0.1, -0.05) is 38.1 Å². The highest BCUT2D eigenvalue weighted by Crippen LogP contribution is 2.28. The van der Waals surface area contributed by atoms with Gasteiger partial charge in [0, 0.05) is 47.5 Å². The van der Waals surface area contributed by atoms with Crippen LogP contribution in [0.4, 0.5) is 11.4 Å². The number of nitrogens with one attached hydrogen (secondary N) is 2. The lowest BCUT2D eigenvalue weighted by Gasteiger charge is -2.21. The van der Waals surface area contributed by atoms with Gasteiger partial charge in [0.25, 0.3) is 5.91 Å². The zero-order chi connectivity index (χ0) is 32.8. The van der Waals surface area contributed by atoms with Crippen LogP contribution in [0, 0.1) is 6.92 Å². The van der Waals surface area contributed by atoms with Gasteiger partial charge in [-0.25, -0.2) is 0 Å². The van der Waals surface area contributed by atoms with Crippen molar-refractivity contribution in [2.75, 3.05) is 31.6 Å². The molecule has 46 heavy (non-hydrogen) atoms. The number of carbonyl (C=O) groups excluding carboxylic acids is 2. The SMILES string of the molecule is CCN(CC)CC(O)COc1ccc(N=Cc2c(O)[nH]c3cc(C(=O)c4cccc(NC(=O)c5cc(C)nn5C)c4)ccc23)cc1. The fourth-order valence-corrected chi connectivity index (χ4v) is 5.19. The van der Waals surface area contributed by atoms with Crippen molar-refractivity contribution in [1.82, 2.24) is 19.7 Å². The molecule has 2 heterocycles. The van der Waals surface area contributed by atoms with E-state index in [2.05, 4.69) is 39.1 Å². The van der Waals surface area contributed by atoms with E-state index in [0.717, 1.165) is 18.8 Å². The van der Waals surface area contributed by atoms with Crippen molar-refractivity contribution < 1.29 is 24.5 Å². The number of amides is 1. The molecular weight excluding hydrogens is 584 g/mol. The molecule has 0 aliphatic heterocycles. The van der Waals surface area contributed by atoms with Crippen molar-refractivity contribution in [3.63, 3.8) is 0 Å². The van der Waals surface area contributed by atoms with Crippen LogP contribution in [0.15, 0.2) is 77.8 Å². The molecule has 5 rings (SSSR count). The number of aliphatic imine (C=N–C) groups is 1. The van der Waals surface area contributed by atoms with Gasteiger partial charge in [-0.15, -0.1) is 0 Å². The molecule has 0 bridgehead atoms. The average Bonchev–Trinajstić information content (AvgIpc) is 3.57. The average molecular weight is 623 g/mol. The minimum Gasteiger partial charge on any atom is -0.494 e. The van der Waals surface area contributed by atoms with Crippen molar-refractivity contribution >= 4 is 40.2 Å². The van der Waals surface area contributed by atoms with E-state index in [4.69, 9.17) is 4.74 Å². The zero-order valence-corrected chi connectivity index (χ0v) is 26.3. The Balaban J connectivity index is 1.25. The van der Waals surface area contributed by atoms with Gasteiger partial charge in [-0.3, -0.25) is 19.3 Å². The Bertz CT molecular complexity index is 1870. The molecular formula is C35H38N6O5. The Labute approximate surface area is 267 Å². The van der Waals surface area contributed by atoms with Crippen LogP contribution in [0.1, 0.15) is 51.5 Å². The number of H-pyrrole nitrogens is 1. The maximum atomic E-state index is 13.4. The third kappa shape index (κ3) is 7.51. The van der Waals surface area contributed by atoms with Gasteiger partial charge in [0.05, 0.1) is 16.9 Å². The molecule has 0 saturated heterocycles. The Morgan fingerprint density at radius 2 is 1.80 bits per heavy atom. The van der Waals surface area contributed by atoms with Crippen LogP contribution in [-0.2, 0) is 7.05 Å². The van der Waals surface area contributed by atoms with Crippen LogP contribution in [-0.4, -0.2) is 80.1 Å². The molecule has 11 heteroatoms. The van der Waals surface area contributed by atoms with Gasteiger partial charge in [-0.05, 0) is 68.5 Å². The lowest BCUT2D eigenvalue weighted by Crippen LogP contribution is -2.35. The maximum absolute atomic E-state index is 13.4. The Kier molecular flexibility index (Phi) is 9.94. The van der Waals surface area contributed by atoms with E-state index in [1.165, 1.54) is 4.68 Å². The van der Waals surface area contributed by atoms with Gasteiger partial charge >= 0.3 is 0 Å². The van der Waals surface area contributed by atoms with Crippen molar-refractivity contribution in [2.45, 2.75) is 26.9 Å². The van der Waals surface area contributed by atoms with E-state index < -0.39 is 6.10 Å². The number of ketones is 1. The second-order valence-corrected chi connectivity index (χ2v) is 11.0. The maximum Gasteiger partial charge on any atom is 0.273 e. The first-order valence-corrected chi connectivity index (χ1v) is 15.1. The molecule has 0 fully saturated rings.